The zero-order valence-electron chi connectivity index (χ0n) is 20.8. The quantitative estimate of drug-likeness (QED) is 0.176. The van der Waals surface area contributed by atoms with Gasteiger partial charge in [-0.15, -0.1) is 21.9 Å². The number of rotatable bonds is 1. The molecular formula is C24H4B12N2O2. The van der Waals surface area contributed by atoms with Gasteiger partial charge in [0, 0.05) is 38.3 Å². The van der Waals surface area contributed by atoms with Gasteiger partial charge >= 0.3 is 0 Å². The number of benzene rings is 4. The number of nitrogens with one attached hydrogen (secondary N) is 2. The molecule has 6 aromatic rings. The maximum absolute atomic E-state index is 11.7. The largest absolute Gasteiger partial charge is 0.507 e. The fraction of sp³-hybridized carbons (Fsp3) is 0. The first-order chi connectivity index (χ1) is 18.7. The predicted octanol–water partition coefficient (Wildman–Crippen LogP) is -8.44. The Morgan fingerprint density at radius 3 is 1.20 bits per heavy atom. The Morgan fingerprint density at radius 1 is 0.300 bits per heavy atom. The van der Waals surface area contributed by atoms with Crippen LogP contribution in [-0.2, 0) is 0 Å². The van der Waals surface area contributed by atoms with Gasteiger partial charge in [0.05, 0.1) is 5.52 Å². The minimum absolute atomic E-state index is 0.00744. The van der Waals surface area contributed by atoms with E-state index in [0.717, 1.165) is 0 Å². The summed E-state index contributed by atoms with van der Waals surface area (Å²) in [5.74, 6) is -0.847. The molecule has 2 heterocycles. The highest BCUT2D eigenvalue weighted by molar-refractivity contribution is 6.70. The Hall–Kier alpha value is -3.14. The first kappa shape index (κ1) is 27.0. The monoisotopic (exact) mass is 484 g/mol. The van der Waals surface area contributed by atoms with E-state index >= 15 is 0 Å². The topological polar surface area (TPSA) is 72.0 Å². The molecule has 0 saturated heterocycles. The summed E-state index contributed by atoms with van der Waals surface area (Å²) < 4.78 is 0. The summed E-state index contributed by atoms with van der Waals surface area (Å²) >= 11 is 0. The van der Waals surface area contributed by atoms with Crippen LogP contribution in [0.4, 0.5) is 0 Å². The third kappa shape index (κ3) is 3.14. The lowest BCUT2D eigenvalue weighted by Gasteiger charge is -2.21. The van der Waals surface area contributed by atoms with E-state index in [-0.39, 0.29) is 120 Å². The van der Waals surface area contributed by atoms with Crippen molar-refractivity contribution in [1.82, 2.24) is 9.97 Å². The minimum atomic E-state index is -0.427. The molecule has 4 aromatic carbocycles. The average molecular weight is 482 g/mol. The van der Waals surface area contributed by atoms with Gasteiger partial charge in [-0.2, -0.15) is 0 Å². The molecule has 6 rings (SSSR count). The minimum Gasteiger partial charge on any atom is -0.507 e. The van der Waals surface area contributed by atoms with Crippen molar-refractivity contribution in [2.24, 2.45) is 0 Å². The van der Waals surface area contributed by atoms with Crippen molar-refractivity contribution in [3.63, 3.8) is 0 Å². The summed E-state index contributed by atoms with van der Waals surface area (Å²) in [7, 11) is 75.2. The molecule has 24 radical (unpaired) electrons. The van der Waals surface area contributed by atoms with Gasteiger partial charge in [0.1, 0.15) is 106 Å². The molecular weight excluding hydrogens is 478 g/mol. The van der Waals surface area contributed by atoms with Crippen LogP contribution in [0.1, 0.15) is 0 Å². The molecule has 4 nitrogen and oxygen atoms in total. The van der Waals surface area contributed by atoms with Gasteiger partial charge in [0.15, 0.2) is 0 Å². The summed E-state index contributed by atoms with van der Waals surface area (Å²) in [6, 6.07) is 0. The lowest BCUT2D eigenvalue weighted by atomic mass is 9.64. The Kier molecular flexibility index (Phi) is 5.87. The molecule has 0 atom stereocenters. The second kappa shape index (κ2) is 8.68. The van der Waals surface area contributed by atoms with Gasteiger partial charge in [-0.1, -0.05) is 38.2 Å². The van der Waals surface area contributed by atoms with Crippen LogP contribution in [0.5, 0.6) is 11.5 Å². The summed E-state index contributed by atoms with van der Waals surface area (Å²) in [4.78, 5) is 5.99. The van der Waals surface area contributed by atoms with Crippen LogP contribution in [0.3, 0.4) is 0 Å². The van der Waals surface area contributed by atoms with Crippen LogP contribution < -0.4 is 65.6 Å². The average Bonchev–Trinajstić information content (AvgIpc) is 3.53. The summed E-state index contributed by atoms with van der Waals surface area (Å²) in [6.07, 6.45) is 0. The molecule has 0 spiro atoms. The third-order valence-electron chi connectivity index (χ3n) is 7.67. The van der Waals surface area contributed by atoms with Gasteiger partial charge in [0.2, 0.25) is 0 Å². The third-order valence-corrected chi connectivity index (χ3v) is 7.67. The van der Waals surface area contributed by atoms with Crippen molar-refractivity contribution < 1.29 is 10.2 Å². The molecule has 0 aliphatic rings. The predicted molar refractivity (Wildman–Crippen MR) is 179 cm³/mol. The second-order valence-corrected chi connectivity index (χ2v) is 9.66. The number of aromatic amines is 2. The van der Waals surface area contributed by atoms with Crippen LogP contribution in [0.25, 0.3) is 54.7 Å². The lowest BCUT2D eigenvalue weighted by molar-refractivity contribution is 0.483. The van der Waals surface area contributed by atoms with Gasteiger partial charge in [-0.3, -0.25) is 0 Å². The summed E-state index contributed by atoms with van der Waals surface area (Å²) in [6.45, 7) is 0. The normalized spacial score (nSPS) is 11.9. The van der Waals surface area contributed by atoms with Crippen LogP contribution in [0.15, 0.2) is 0 Å². The molecule has 0 aliphatic carbocycles. The van der Waals surface area contributed by atoms with E-state index in [2.05, 4.69) is 9.97 Å². The first-order valence-electron chi connectivity index (χ1n) is 11.7. The van der Waals surface area contributed by atoms with E-state index in [0.29, 0.717) is 0 Å². The summed E-state index contributed by atoms with van der Waals surface area (Å²) in [5, 5.41) is 23.8. The molecule has 0 amide bonds. The van der Waals surface area contributed by atoms with E-state index in [9.17, 15) is 10.2 Å². The first-order valence-corrected chi connectivity index (χ1v) is 11.7. The number of aromatic nitrogens is 2. The van der Waals surface area contributed by atoms with Gasteiger partial charge in [-0.25, -0.2) is 0 Å². The van der Waals surface area contributed by atoms with Crippen LogP contribution in [-0.4, -0.2) is 114 Å². The van der Waals surface area contributed by atoms with Crippen LogP contribution >= 0.6 is 0 Å². The SMILES string of the molecule is [B]c1c([B])c([B])c2c([nH]c3c(O)c([B])c(-c4c([B])c([B])c5[nH]c6c([B])c([B])c([B])c([B])c6c5c4O)c([B])c32)c1[B]. The van der Waals surface area contributed by atoms with Crippen molar-refractivity contribution in [2.75, 3.05) is 0 Å². The van der Waals surface area contributed by atoms with E-state index in [1.54, 1.807) is 0 Å². The highest BCUT2D eigenvalue weighted by Crippen LogP contribution is 2.38. The fourth-order valence-electron chi connectivity index (χ4n) is 5.51. The zero-order valence-corrected chi connectivity index (χ0v) is 20.8. The van der Waals surface area contributed by atoms with Crippen LogP contribution in [0.2, 0.25) is 0 Å². The Labute approximate surface area is 245 Å². The number of hydrogen-bond acceptors (Lipinski definition) is 2. The highest BCUT2D eigenvalue weighted by atomic mass is 16.3. The maximum atomic E-state index is 11.7. The van der Waals surface area contributed by atoms with Crippen molar-refractivity contribution >= 4 is 203 Å². The van der Waals surface area contributed by atoms with E-state index in [1.807, 2.05) is 0 Å². The van der Waals surface area contributed by atoms with Gasteiger partial charge in [0.25, 0.3) is 0 Å². The molecule has 4 N–H and O–H groups in total. The standard InChI is InChI=1S/C24H4B12N2O2/c25-7-1(11(29)24(40)22-2(7)3-8(26)12(30)14(32)17(35)19(3)38-22)5-10(28)16(34)21-6(23(5)39)4-9(27)13(31)15(33)18(36)20(4)37-21/h37-40H. The molecule has 0 saturated carbocycles. The number of phenolic OH excluding ortho intramolecular Hbond substituents is 2. The Morgan fingerprint density at radius 2 is 0.675 bits per heavy atom. The number of fused-ring (bicyclic) bond motifs is 6. The maximum Gasteiger partial charge on any atom is 0.133 e. The van der Waals surface area contributed by atoms with Gasteiger partial charge in [-0.05, 0) is 16.4 Å². The molecule has 40 heavy (non-hydrogen) atoms. The molecule has 0 fully saturated rings. The van der Waals surface area contributed by atoms with E-state index in [1.165, 1.54) is 0 Å². The Balaban J connectivity index is 1.86. The van der Waals surface area contributed by atoms with Crippen molar-refractivity contribution in [1.29, 1.82) is 0 Å². The number of hydrogen-bond donors (Lipinski definition) is 4. The number of H-pyrrole nitrogens is 2. The summed E-state index contributed by atoms with van der Waals surface area (Å²) in [5.41, 5.74) is 0.860. The molecule has 16 heteroatoms. The van der Waals surface area contributed by atoms with E-state index < -0.39 is 11.5 Å². The van der Waals surface area contributed by atoms with Crippen LogP contribution in [0, 0.1) is 0 Å². The molecule has 158 valence electrons. The molecule has 0 bridgehead atoms. The van der Waals surface area contributed by atoms with E-state index in [4.69, 9.17) is 94.2 Å². The van der Waals surface area contributed by atoms with Crippen molar-refractivity contribution in [3.05, 3.63) is 0 Å². The molecule has 2 aromatic heterocycles. The lowest BCUT2D eigenvalue weighted by Crippen LogP contribution is -2.47. The fourth-order valence-corrected chi connectivity index (χ4v) is 5.51. The Bertz CT molecular complexity index is 2010. The molecule has 0 aliphatic heterocycles. The van der Waals surface area contributed by atoms with Crippen molar-refractivity contribution in [2.45, 2.75) is 0 Å². The second-order valence-electron chi connectivity index (χ2n) is 9.66. The number of aromatic hydroxyl groups is 2. The highest BCUT2D eigenvalue weighted by Gasteiger charge is 2.26. The smallest absolute Gasteiger partial charge is 0.133 e. The number of phenols is 2. The molecule has 0 unspecified atom stereocenters. The zero-order chi connectivity index (χ0) is 29.3. The van der Waals surface area contributed by atoms with Gasteiger partial charge < -0.3 is 20.2 Å². The van der Waals surface area contributed by atoms with Crippen molar-refractivity contribution in [3.8, 4) is 22.6 Å².